The molecule has 0 saturated carbocycles. The molecular formula is C27H25ClF2N4O4S. The van der Waals surface area contributed by atoms with Gasteiger partial charge in [-0.3, -0.25) is 18.8 Å². The largest absolute Gasteiger partial charge is 0.389 e. The second kappa shape index (κ2) is 10.9. The molecule has 1 aliphatic rings. The molecule has 8 nitrogen and oxygen atoms in total. The summed E-state index contributed by atoms with van der Waals surface area (Å²) in [6.07, 6.45) is -0.705. The minimum Gasteiger partial charge on any atom is -0.389 e. The summed E-state index contributed by atoms with van der Waals surface area (Å²) < 4.78 is 33.0. The molecule has 0 bridgehead atoms. The summed E-state index contributed by atoms with van der Waals surface area (Å²) in [5.74, 6) is -1.72. The van der Waals surface area contributed by atoms with E-state index >= 15 is 0 Å². The van der Waals surface area contributed by atoms with Crippen LogP contribution in [0.3, 0.4) is 0 Å². The van der Waals surface area contributed by atoms with E-state index in [0.29, 0.717) is 16.0 Å². The molecule has 1 fully saturated rings. The number of rotatable bonds is 7. The predicted molar refractivity (Wildman–Crippen MR) is 145 cm³/mol. The Hall–Kier alpha value is -3.54. The first kappa shape index (κ1) is 27.0. The first-order valence-electron chi connectivity index (χ1n) is 12.3. The van der Waals surface area contributed by atoms with E-state index in [1.54, 1.807) is 23.8 Å². The van der Waals surface area contributed by atoms with E-state index in [0.717, 1.165) is 10.9 Å². The number of nitrogens with zero attached hydrogens (tertiary/aromatic N) is 2. The summed E-state index contributed by atoms with van der Waals surface area (Å²) in [5.41, 5.74) is 1.96. The van der Waals surface area contributed by atoms with Crippen LogP contribution < -0.4 is 10.9 Å². The van der Waals surface area contributed by atoms with Crippen molar-refractivity contribution in [2.24, 2.45) is 0 Å². The summed E-state index contributed by atoms with van der Waals surface area (Å²) in [6, 6.07) is 10.3. The zero-order valence-electron chi connectivity index (χ0n) is 20.8. The summed E-state index contributed by atoms with van der Waals surface area (Å²) >= 11 is 6.99. The van der Waals surface area contributed by atoms with Gasteiger partial charge in [0.1, 0.15) is 24.6 Å². The van der Waals surface area contributed by atoms with Crippen molar-refractivity contribution in [1.82, 2.24) is 19.2 Å². The number of nitrogens with one attached hydrogen (secondary N) is 2. The van der Waals surface area contributed by atoms with Crippen molar-refractivity contribution in [2.45, 2.75) is 44.8 Å². The summed E-state index contributed by atoms with van der Waals surface area (Å²) in [4.78, 5) is 39.9. The lowest BCUT2D eigenvalue weighted by Crippen LogP contribution is -2.46. The number of H-pyrrole nitrogens is 1. The van der Waals surface area contributed by atoms with E-state index < -0.39 is 35.9 Å². The monoisotopic (exact) mass is 574 g/mol. The highest BCUT2D eigenvalue weighted by atomic mass is 35.5. The summed E-state index contributed by atoms with van der Waals surface area (Å²) in [6.45, 7) is 1.02. The molecule has 0 aliphatic carbocycles. The third-order valence-electron chi connectivity index (χ3n) is 6.83. The zero-order chi connectivity index (χ0) is 27.8. The zero-order valence-corrected chi connectivity index (χ0v) is 22.4. The van der Waals surface area contributed by atoms with E-state index in [9.17, 15) is 28.3 Å². The van der Waals surface area contributed by atoms with Crippen molar-refractivity contribution < 1.29 is 23.5 Å². The normalized spacial score (nSPS) is 18.0. The topological polar surface area (TPSA) is 107 Å². The number of carbonyl (C=O) groups is 2. The number of aliphatic hydroxyl groups is 1. The highest BCUT2D eigenvalue weighted by molar-refractivity contribution is 7.09. The highest BCUT2D eigenvalue weighted by Crippen LogP contribution is 2.32. The molecule has 3 heterocycles. The number of aliphatic hydroxyl groups excluding tert-OH is 1. The van der Waals surface area contributed by atoms with Crippen LogP contribution in [-0.4, -0.2) is 49.5 Å². The van der Waals surface area contributed by atoms with E-state index in [1.807, 2.05) is 18.2 Å². The van der Waals surface area contributed by atoms with Gasteiger partial charge in [0.25, 0.3) is 5.56 Å². The number of likely N-dealkylation sites (tertiary alicyclic amines) is 1. The van der Waals surface area contributed by atoms with E-state index in [2.05, 4.69) is 9.69 Å². The Morgan fingerprint density at radius 1 is 1.28 bits per heavy atom. The van der Waals surface area contributed by atoms with E-state index in [4.69, 9.17) is 11.6 Å². The third-order valence-corrected chi connectivity index (χ3v) is 8.00. The Morgan fingerprint density at radius 3 is 2.79 bits per heavy atom. The molecule has 1 aliphatic heterocycles. The van der Waals surface area contributed by atoms with Crippen LogP contribution in [0, 0.1) is 5.82 Å². The lowest BCUT2D eigenvalue weighted by Gasteiger charge is -2.24. The maximum absolute atomic E-state index is 14.5. The Balaban J connectivity index is 1.38. The van der Waals surface area contributed by atoms with Gasteiger partial charge in [0.2, 0.25) is 11.8 Å². The van der Waals surface area contributed by atoms with E-state index in [1.165, 1.54) is 34.6 Å². The van der Waals surface area contributed by atoms with Crippen molar-refractivity contribution in [3.63, 3.8) is 0 Å². The smallest absolute Gasteiger partial charge is 0.258 e. The number of carbonyl (C=O) groups excluding carboxylic acids is 2. The van der Waals surface area contributed by atoms with Crippen molar-refractivity contribution in [3.05, 3.63) is 81.0 Å². The van der Waals surface area contributed by atoms with Gasteiger partial charge in [-0.25, -0.2) is 8.78 Å². The van der Waals surface area contributed by atoms with Gasteiger partial charge in [-0.05, 0) is 24.6 Å². The fourth-order valence-electron chi connectivity index (χ4n) is 4.89. The van der Waals surface area contributed by atoms with Gasteiger partial charge < -0.3 is 19.9 Å². The Labute approximate surface area is 231 Å². The van der Waals surface area contributed by atoms with Crippen LogP contribution in [0.4, 0.5) is 8.78 Å². The average molecular weight is 575 g/mol. The molecule has 1 unspecified atom stereocenters. The lowest BCUT2D eigenvalue weighted by molar-refractivity contribution is -0.139. The van der Waals surface area contributed by atoms with Gasteiger partial charge in [0.05, 0.1) is 22.5 Å². The molecule has 2 aromatic heterocycles. The van der Waals surface area contributed by atoms with Crippen molar-refractivity contribution >= 4 is 45.9 Å². The standard InChI is InChI=1S/C27H25ClF2N4O4S/c1-14(35)19-12-33(21-7-15(5-6-18(19)21)23-9-24(36)32-39-23)13-25(37)34-11-17(29)8-22(34)27(38)31-10-16-3-2-4-20(28)26(16)30/h2-7,9,12,14,17,22,35H,8,10-11,13H2,1H3,(H,31,38)(H,32,36)/t14?,17-,22+/m1/s1. The number of hydrogen-bond acceptors (Lipinski definition) is 5. The molecule has 12 heteroatoms. The van der Waals surface area contributed by atoms with Crippen molar-refractivity contribution in [3.8, 4) is 10.4 Å². The summed E-state index contributed by atoms with van der Waals surface area (Å²) in [5, 5.41) is 13.6. The molecule has 0 radical (unpaired) electrons. The van der Waals surface area contributed by atoms with Gasteiger partial charge in [-0.15, -0.1) is 0 Å². The number of alkyl halides is 1. The molecule has 2 aromatic carbocycles. The van der Waals surface area contributed by atoms with Gasteiger partial charge in [-0.1, -0.05) is 47.4 Å². The van der Waals surface area contributed by atoms with E-state index in [-0.39, 0.29) is 42.2 Å². The third kappa shape index (κ3) is 5.47. The quantitative estimate of drug-likeness (QED) is 0.308. The number of halogens is 3. The molecule has 2 amide bonds. The van der Waals surface area contributed by atoms with Crippen LogP contribution in [0.2, 0.25) is 5.02 Å². The maximum Gasteiger partial charge on any atom is 0.258 e. The molecule has 5 rings (SSSR count). The fraction of sp³-hybridized carbons (Fsp3) is 0.296. The lowest BCUT2D eigenvalue weighted by atomic mass is 10.1. The molecular weight excluding hydrogens is 550 g/mol. The van der Waals surface area contributed by atoms with Gasteiger partial charge in [-0.2, -0.15) is 0 Å². The SMILES string of the molecule is CC(O)c1cn(CC(=O)N2C[C@H](F)C[C@H]2C(=O)NCc2cccc(Cl)c2F)c2cc(-c3cc(=O)[nH]s3)ccc12. The fourth-order valence-corrected chi connectivity index (χ4v) is 5.77. The van der Waals surface area contributed by atoms with Gasteiger partial charge in [0, 0.05) is 47.3 Å². The predicted octanol–water partition coefficient (Wildman–Crippen LogP) is 4.16. The molecule has 0 spiro atoms. The number of amides is 2. The number of fused-ring (bicyclic) bond motifs is 1. The molecule has 204 valence electrons. The van der Waals surface area contributed by atoms with Crippen LogP contribution in [0.1, 0.15) is 30.6 Å². The first-order chi connectivity index (χ1) is 18.6. The van der Waals surface area contributed by atoms with Crippen molar-refractivity contribution in [1.29, 1.82) is 0 Å². The molecule has 39 heavy (non-hydrogen) atoms. The Bertz CT molecular complexity index is 1610. The molecule has 3 N–H and O–H groups in total. The van der Waals surface area contributed by atoms with Crippen LogP contribution in [0.5, 0.6) is 0 Å². The van der Waals surface area contributed by atoms with Gasteiger partial charge >= 0.3 is 0 Å². The molecule has 4 aromatic rings. The number of hydrogen-bond donors (Lipinski definition) is 3. The second-order valence-corrected chi connectivity index (χ2v) is 10.8. The molecule has 1 saturated heterocycles. The highest BCUT2D eigenvalue weighted by Gasteiger charge is 2.39. The van der Waals surface area contributed by atoms with Crippen LogP contribution >= 0.6 is 23.1 Å². The molecule has 3 atom stereocenters. The summed E-state index contributed by atoms with van der Waals surface area (Å²) in [7, 11) is 0. The minimum absolute atomic E-state index is 0.0763. The first-order valence-corrected chi connectivity index (χ1v) is 13.5. The van der Waals surface area contributed by atoms with Crippen molar-refractivity contribution in [2.75, 3.05) is 6.54 Å². The maximum atomic E-state index is 14.5. The number of aromatic nitrogens is 2. The number of benzene rings is 2. The Morgan fingerprint density at radius 2 is 2.08 bits per heavy atom. The Kier molecular flexibility index (Phi) is 7.57. The average Bonchev–Trinajstić information content (AvgIpc) is 3.61. The second-order valence-electron chi connectivity index (χ2n) is 9.52. The van der Waals surface area contributed by atoms with Crippen LogP contribution in [0.15, 0.2) is 53.5 Å². The van der Waals surface area contributed by atoms with Crippen LogP contribution in [-0.2, 0) is 22.7 Å². The number of aromatic amines is 1. The van der Waals surface area contributed by atoms with Crippen LogP contribution in [0.25, 0.3) is 21.3 Å². The van der Waals surface area contributed by atoms with Gasteiger partial charge in [0.15, 0.2) is 0 Å². The minimum atomic E-state index is -1.38.